The molecule has 1 N–H and O–H groups in total. The molecule has 27 heavy (non-hydrogen) atoms. The van der Waals surface area contributed by atoms with Crippen molar-refractivity contribution in [3.8, 4) is 11.5 Å². The van der Waals surface area contributed by atoms with Gasteiger partial charge in [-0.1, -0.05) is 69.6 Å². The van der Waals surface area contributed by atoms with Gasteiger partial charge in [-0.25, -0.2) is 0 Å². The smallest absolute Gasteiger partial charge is 0.261 e. The lowest BCUT2D eigenvalue weighted by atomic mass is 9.86. The van der Waals surface area contributed by atoms with Crippen LogP contribution in [0.5, 0.6) is 11.5 Å². The van der Waals surface area contributed by atoms with Gasteiger partial charge in [0.2, 0.25) is 0 Å². The van der Waals surface area contributed by atoms with Crippen LogP contribution in [0.3, 0.4) is 0 Å². The molecule has 1 atom stereocenters. The van der Waals surface area contributed by atoms with Crippen molar-refractivity contribution in [3.63, 3.8) is 0 Å². The third-order valence-electron chi connectivity index (χ3n) is 4.12. The summed E-state index contributed by atoms with van der Waals surface area (Å²) in [5.74, 6) is 1.18. The zero-order valence-corrected chi connectivity index (χ0v) is 17.2. The van der Waals surface area contributed by atoms with E-state index in [2.05, 4.69) is 32.2 Å². The highest BCUT2D eigenvalue weighted by atomic mass is 35.5. The van der Waals surface area contributed by atoms with E-state index in [4.69, 9.17) is 21.1 Å². The fraction of sp³-hybridized carbons (Fsp3) is 0.409. The first-order valence-electron chi connectivity index (χ1n) is 9.24. The summed E-state index contributed by atoms with van der Waals surface area (Å²) in [7, 11) is 0. The van der Waals surface area contributed by atoms with Crippen molar-refractivity contribution in [1.29, 1.82) is 0 Å². The number of carbonyl (C=O) groups is 1. The predicted molar refractivity (Wildman–Crippen MR) is 110 cm³/mol. The molecule has 0 aliphatic carbocycles. The Labute approximate surface area is 166 Å². The minimum Gasteiger partial charge on any atom is -0.491 e. The van der Waals surface area contributed by atoms with Crippen LogP contribution in [0.2, 0.25) is 5.02 Å². The topological polar surface area (TPSA) is 47.6 Å². The van der Waals surface area contributed by atoms with Crippen molar-refractivity contribution < 1.29 is 14.3 Å². The number of para-hydroxylation sites is 2. The fourth-order valence-corrected chi connectivity index (χ4v) is 2.86. The summed E-state index contributed by atoms with van der Waals surface area (Å²) in [4.78, 5) is 12.4. The highest BCUT2D eigenvalue weighted by molar-refractivity contribution is 6.32. The van der Waals surface area contributed by atoms with Crippen molar-refractivity contribution in [3.05, 3.63) is 59.1 Å². The summed E-state index contributed by atoms with van der Waals surface area (Å²) in [6, 6.07) is 15.1. The summed E-state index contributed by atoms with van der Waals surface area (Å²) in [5.41, 5.74) is 1.14. The molecular formula is C22H28ClNO3. The molecular weight excluding hydrogens is 362 g/mol. The van der Waals surface area contributed by atoms with Gasteiger partial charge in [-0.3, -0.25) is 4.79 Å². The lowest BCUT2D eigenvalue weighted by Gasteiger charge is -2.23. The summed E-state index contributed by atoms with van der Waals surface area (Å²) in [6.07, 6.45) is -0.0446. The highest BCUT2D eigenvalue weighted by Crippen LogP contribution is 2.30. The summed E-state index contributed by atoms with van der Waals surface area (Å²) >= 11 is 6.10. The lowest BCUT2D eigenvalue weighted by molar-refractivity contribution is -0.128. The Hall–Kier alpha value is -2.20. The molecule has 0 aromatic heterocycles. The van der Waals surface area contributed by atoms with Crippen LogP contribution in [-0.2, 0) is 10.2 Å². The number of carbonyl (C=O) groups excluding carboxylic acids is 1. The standard InChI is InChI=1S/C22H28ClNO3/c1-5-18(27-20-13-9-7-11-17(20)23)21(25)24-14-15-26-19-12-8-6-10-16(19)22(2,3)4/h6-13,18H,5,14-15H2,1-4H3,(H,24,25)/t18-/m1/s1. The second kappa shape index (κ2) is 9.65. The molecule has 2 aromatic carbocycles. The van der Waals surface area contributed by atoms with Gasteiger partial charge in [-0.05, 0) is 35.6 Å². The molecule has 0 saturated heterocycles. The maximum atomic E-state index is 12.4. The van der Waals surface area contributed by atoms with Gasteiger partial charge in [0.15, 0.2) is 6.10 Å². The second-order valence-corrected chi connectivity index (χ2v) is 7.74. The van der Waals surface area contributed by atoms with E-state index in [0.29, 0.717) is 30.3 Å². The van der Waals surface area contributed by atoms with Gasteiger partial charge in [-0.15, -0.1) is 0 Å². The molecule has 0 radical (unpaired) electrons. The van der Waals surface area contributed by atoms with Crippen LogP contribution in [-0.4, -0.2) is 25.2 Å². The summed E-state index contributed by atoms with van der Waals surface area (Å²) in [5, 5.41) is 3.36. The number of benzene rings is 2. The minimum absolute atomic E-state index is 0.00403. The van der Waals surface area contributed by atoms with Crippen LogP contribution in [0.15, 0.2) is 48.5 Å². The van der Waals surface area contributed by atoms with Gasteiger partial charge >= 0.3 is 0 Å². The van der Waals surface area contributed by atoms with E-state index < -0.39 is 6.10 Å². The molecule has 0 fully saturated rings. The number of amides is 1. The van der Waals surface area contributed by atoms with E-state index in [0.717, 1.165) is 11.3 Å². The first-order chi connectivity index (χ1) is 12.8. The van der Waals surface area contributed by atoms with E-state index in [1.54, 1.807) is 12.1 Å². The van der Waals surface area contributed by atoms with E-state index in [1.807, 2.05) is 37.3 Å². The molecule has 1 amide bonds. The Balaban J connectivity index is 1.86. The first-order valence-corrected chi connectivity index (χ1v) is 9.62. The largest absolute Gasteiger partial charge is 0.491 e. The molecule has 0 bridgehead atoms. The number of rotatable bonds is 8. The molecule has 0 aliphatic rings. The molecule has 0 aliphatic heterocycles. The van der Waals surface area contributed by atoms with Crippen molar-refractivity contribution in [2.45, 2.75) is 45.6 Å². The maximum Gasteiger partial charge on any atom is 0.261 e. The van der Waals surface area contributed by atoms with Crippen LogP contribution in [0.25, 0.3) is 0 Å². The zero-order chi connectivity index (χ0) is 19.9. The molecule has 2 rings (SSSR count). The van der Waals surface area contributed by atoms with Crippen molar-refractivity contribution in [2.75, 3.05) is 13.2 Å². The Morgan fingerprint density at radius 1 is 1.07 bits per heavy atom. The monoisotopic (exact) mass is 389 g/mol. The lowest BCUT2D eigenvalue weighted by Crippen LogP contribution is -2.39. The van der Waals surface area contributed by atoms with Gasteiger partial charge in [0.05, 0.1) is 11.6 Å². The van der Waals surface area contributed by atoms with Crippen molar-refractivity contribution >= 4 is 17.5 Å². The van der Waals surface area contributed by atoms with E-state index in [-0.39, 0.29) is 11.3 Å². The average Bonchev–Trinajstić information content (AvgIpc) is 2.64. The first kappa shape index (κ1) is 21.1. The maximum absolute atomic E-state index is 12.4. The highest BCUT2D eigenvalue weighted by Gasteiger charge is 2.20. The summed E-state index contributed by atoms with van der Waals surface area (Å²) < 4.78 is 11.6. The quantitative estimate of drug-likeness (QED) is 0.647. The van der Waals surface area contributed by atoms with Crippen molar-refractivity contribution in [2.24, 2.45) is 0 Å². The number of hydrogen-bond donors (Lipinski definition) is 1. The Morgan fingerprint density at radius 2 is 1.70 bits per heavy atom. The molecule has 0 saturated carbocycles. The number of halogens is 1. The second-order valence-electron chi connectivity index (χ2n) is 7.33. The van der Waals surface area contributed by atoms with Crippen LogP contribution in [0, 0.1) is 0 Å². The Bertz CT molecular complexity index is 755. The van der Waals surface area contributed by atoms with Crippen molar-refractivity contribution in [1.82, 2.24) is 5.32 Å². The molecule has 0 heterocycles. The molecule has 146 valence electrons. The van der Waals surface area contributed by atoms with Gasteiger partial charge in [-0.2, -0.15) is 0 Å². The molecule has 0 unspecified atom stereocenters. The van der Waals surface area contributed by atoms with Gasteiger partial charge in [0, 0.05) is 0 Å². The van der Waals surface area contributed by atoms with Gasteiger partial charge < -0.3 is 14.8 Å². The fourth-order valence-electron chi connectivity index (χ4n) is 2.68. The third kappa shape index (κ3) is 6.17. The Kier molecular flexibility index (Phi) is 7.55. The molecule has 5 heteroatoms. The van der Waals surface area contributed by atoms with Gasteiger partial charge in [0.25, 0.3) is 5.91 Å². The van der Waals surface area contributed by atoms with E-state index >= 15 is 0 Å². The number of ether oxygens (including phenoxy) is 2. The number of hydrogen-bond acceptors (Lipinski definition) is 3. The Morgan fingerprint density at radius 3 is 2.33 bits per heavy atom. The minimum atomic E-state index is -0.591. The van der Waals surface area contributed by atoms with Crippen LogP contribution < -0.4 is 14.8 Å². The third-order valence-corrected chi connectivity index (χ3v) is 4.44. The van der Waals surface area contributed by atoms with E-state index in [9.17, 15) is 4.79 Å². The molecule has 2 aromatic rings. The SMILES string of the molecule is CC[C@@H](Oc1ccccc1Cl)C(=O)NCCOc1ccccc1C(C)(C)C. The number of nitrogens with one attached hydrogen (secondary N) is 1. The summed E-state index contributed by atoms with van der Waals surface area (Å²) in [6.45, 7) is 9.14. The predicted octanol–water partition coefficient (Wildman–Crippen LogP) is 4.99. The van der Waals surface area contributed by atoms with Crippen LogP contribution in [0.4, 0.5) is 0 Å². The van der Waals surface area contributed by atoms with E-state index in [1.165, 1.54) is 0 Å². The molecule has 0 spiro atoms. The van der Waals surface area contributed by atoms with Gasteiger partial charge in [0.1, 0.15) is 18.1 Å². The average molecular weight is 390 g/mol. The molecule has 4 nitrogen and oxygen atoms in total. The normalized spacial score (nSPS) is 12.3. The zero-order valence-electron chi connectivity index (χ0n) is 16.4. The van der Waals surface area contributed by atoms with Crippen LogP contribution in [0.1, 0.15) is 39.7 Å². The van der Waals surface area contributed by atoms with Crippen LogP contribution >= 0.6 is 11.6 Å².